The first-order chi connectivity index (χ1) is 16.1. The van der Waals surface area contributed by atoms with Gasteiger partial charge in [0.15, 0.2) is 0 Å². The van der Waals surface area contributed by atoms with Crippen LogP contribution in [0.1, 0.15) is 20.2 Å². The number of nitrogens with zero attached hydrogens (tertiary/aromatic N) is 3. The summed E-state index contributed by atoms with van der Waals surface area (Å²) in [4.78, 5) is 25.5. The molecule has 2 aromatic carbocycles. The Morgan fingerprint density at radius 2 is 1.50 bits per heavy atom. The molecule has 0 radical (unpaired) electrons. The number of hydrogen-bond donors (Lipinski definition) is 3. The van der Waals surface area contributed by atoms with Gasteiger partial charge in [-0.2, -0.15) is 0 Å². The van der Waals surface area contributed by atoms with E-state index >= 15 is 0 Å². The molecule has 8 heteroatoms. The van der Waals surface area contributed by atoms with Gasteiger partial charge in [-0.3, -0.25) is 0 Å². The maximum Gasteiger partial charge on any atom is 0.323 e. The van der Waals surface area contributed by atoms with E-state index in [4.69, 9.17) is 4.74 Å². The monoisotopic (exact) mass is 456 g/mol. The number of amides is 2. The van der Waals surface area contributed by atoms with Crippen molar-refractivity contribution in [2.45, 2.75) is 20.8 Å². The maximum absolute atomic E-state index is 12.3. The van der Waals surface area contributed by atoms with E-state index in [0.717, 1.165) is 29.2 Å². The second-order valence-corrected chi connectivity index (χ2v) is 7.10. The molecule has 0 aliphatic rings. The van der Waals surface area contributed by atoms with E-state index in [1.165, 1.54) is 0 Å². The summed E-state index contributed by atoms with van der Waals surface area (Å²) in [5, 5.41) is 8.64. The molecule has 3 N–H and O–H groups in total. The number of carbonyl (C=O) groups is 1. The minimum atomic E-state index is -0.330. The van der Waals surface area contributed by atoms with Crippen LogP contribution in [0.5, 0.6) is 11.6 Å². The Balaban J connectivity index is 0.00000324. The largest absolute Gasteiger partial charge is 0.438 e. The third-order valence-corrected chi connectivity index (χ3v) is 4.83. The molecule has 34 heavy (non-hydrogen) atoms. The molecular formula is C26H28N6O2. The van der Waals surface area contributed by atoms with Crippen molar-refractivity contribution in [3.05, 3.63) is 84.9 Å². The van der Waals surface area contributed by atoms with E-state index in [-0.39, 0.29) is 13.5 Å². The average molecular weight is 457 g/mol. The van der Waals surface area contributed by atoms with Crippen LogP contribution < -0.4 is 20.7 Å². The van der Waals surface area contributed by atoms with Gasteiger partial charge in [0.25, 0.3) is 0 Å². The summed E-state index contributed by atoms with van der Waals surface area (Å²) < 4.78 is 6.01. The van der Waals surface area contributed by atoms with Crippen LogP contribution in [-0.4, -0.2) is 28.0 Å². The lowest BCUT2D eigenvalue weighted by molar-refractivity contribution is 0.262. The van der Waals surface area contributed by atoms with E-state index in [1.54, 1.807) is 36.7 Å². The number of aromatic nitrogens is 3. The van der Waals surface area contributed by atoms with Crippen LogP contribution in [0.25, 0.3) is 11.3 Å². The van der Waals surface area contributed by atoms with Gasteiger partial charge in [0.2, 0.25) is 5.88 Å². The molecule has 0 spiro atoms. The molecule has 2 heterocycles. The van der Waals surface area contributed by atoms with Gasteiger partial charge in [-0.05, 0) is 66.7 Å². The van der Waals surface area contributed by atoms with Crippen LogP contribution >= 0.6 is 0 Å². The molecule has 0 saturated carbocycles. The van der Waals surface area contributed by atoms with Gasteiger partial charge in [-0.1, -0.05) is 14.4 Å². The minimum Gasteiger partial charge on any atom is -0.438 e. The Hall–Kier alpha value is -4.46. The fourth-order valence-electron chi connectivity index (χ4n) is 3.12. The molecule has 0 bridgehead atoms. The molecule has 2 aromatic heterocycles. The first-order valence-electron chi connectivity index (χ1n) is 10.6. The predicted octanol–water partition coefficient (Wildman–Crippen LogP) is 6.22. The summed E-state index contributed by atoms with van der Waals surface area (Å²) in [5.41, 5.74) is 3.84. The molecule has 0 fully saturated rings. The second-order valence-electron chi connectivity index (χ2n) is 7.10. The van der Waals surface area contributed by atoms with Gasteiger partial charge in [-0.25, -0.2) is 19.7 Å². The molecule has 0 aliphatic heterocycles. The van der Waals surface area contributed by atoms with Gasteiger partial charge in [0.05, 0.1) is 11.3 Å². The van der Waals surface area contributed by atoms with E-state index in [2.05, 4.69) is 30.9 Å². The van der Waals surface area contributed by atoms with Crippen molar-refractivity contribution >= 4 is 23.1 Å². The Bertz CT molecular complexity index is 1230. The first-order valence-corrected chi connectivity index (χ1v) is 10.6. The Labute approximate surface area is 199 Å². The van der Waals surface area contributed by atoms with E-state index in [0.29, 0.717) is 23.0 Å². The van der Waals surface area contributed by atoms with Crippen molar-refractivity contribution in [2.24, 2.45) is 0 Å². The van der Waals surface area contributed by atoms with Gasteiger partial charge in [0, 0.05) is 42.9 Å². The fourth-order valence-corrected chi connectivity index (χ4v) is 3.12. The highest BCUT2D eigenvalue weighted by atomic mass is 16.5. The van der Waals surface area contributed by atoms with Crippen molar-refractivity contribution in [3.8, 4) is 22.9 Å². The Morgan fingerprint density at radius 3 is 2.15 bits per heavy atom. The average Bonchev–Trinajstić information content (AvgIpc) is 2.86. The molecule has 8 nitrogen and oxygen atoms in total. The SMILES string of the molecule is C.CCc1nccc(-c2cccnc2Oc2ccc(NC(=O)Nc3ccc(NC)cc3)cc2)n1. The van der Waals surface area contributed by atoms with Crippen LogP contribution in [0.4, 0.5) is 21.9 Å². The van der Waals surface area contributed by atoms with Crippen molar-refractivity contribution in [1.29, 1.82) is 0 Å². The van der Waals surface area contributed by atoms with E-state index < -0.39 is 0 Å². The standard InChI is InChI=1S/C25H24N6O2.CH4/c1-3-23-27-16-14-22(31-23)21-5-4-15-28-24(21)33-20-12-10-19(11-13-20)30-25(32)29-18-8-6-17(26-2)7-9-18;/h4-16,26H,3H2,1-2H3,(H2,29,30,32);1H4. The number of ether oxygens (including phenoxy) is 1. The number of rotatable bonds is 7. The zero-order valence-corrected chi connectivity index (χ0v) is 18.4. The summed E-state index contributed by atoms with van der Waals surface area (Å²) in [6, 6.07) is 19.8. The van der Waals surface area contributed by atoms with Crippen LogP contribution in [0.3, 0.4) is 0 Å². The zero-order chi connectivity index (χ0) is 23.0. The predicted molar refractivity (Wildman–Crippen MR) is 137 cm³/mol. The summed E-state index contributed by atoms with van der Waals surface area (Å²) in [5.74, 6) is 1.80. The third kappa shape index (κ3) is 6.07. The van der Waals surface area contributed by atoms with Crippen LogP contribution in [0.15, 0.2) is 79.1 Å². The molecule has 0 aliphatic carbocycles. The molecule has 174 valence electrons. The number of benzene rings is 2. The lowest BCUT2D eigenvalue weighted by Gasteiger charge is -2.11. The lowest BCUT2D eigenvalue weighted by atomic mass is 10.2. The molecule has 4 rings (SSSR count). The summed E-state index contributed by atoms with van der Waals surface area (Å²) in [6.45, 7) is 2.01. The number of anilines is 3. The van der Waals surface area contributed by atoms with Crippen molar-refractivity contribution in [3.63, 3.8) is 0 Å². The van der Waals surface area contributed by atoms with E-state index in [1.807, 2.05) is 56.4 Å². The second kappa shape index (κ2) is 11.4. The molecular weight excluding hydrogens is 428 g/mol. The minimum absolute atomic E-state index is 0. The van der Waals surface area contributed by atoms with Gasteiger partial charge in [-0.15, -0.1) is 0 Å². The number of pyridine rings is 1. The molecule has 0 saturated heterocycles. The number of hydrogen-bond acceptors (Lipinski definition) is 6. The summed E-state index contributed by atoms with van der Waals surface area (Å²) in [7, 11) is 1.84. The third-order valence-electron chi connectivity index (χ3n) is 4.83. The molecule has 0 unspecified atom stereocenters. The Morgan fingerprint density at radius 1 is 0.853 bits per heavy atom. The molecule has 4 aromatic rings. The Kier molecular flexibility index (Phi) is 8.12. The number of nitrogens with one attached hydrogen (secondary N) is 3. The fraction of sp³-hybridized carbons (Fsp3) is 0.154. The van der Waals surface area contributed by atoms with Crippen LogP contribution in [-0.2, 0) is 6.42 Å². The highest BCUT2D eigenvalue weighted by Crippen LogP contribution is 2.30. The lowest BCUT2D eigenvalue weighted by Crippen LogP contribution is -2.19. The van der Waals surface area contributed by atoms with Gasteiger partial charge in [0.1, 0.15) is 11.6 Å². The first kappa shape index (κ1) is 24.2. The summed E-state index contributed by atoms with van der Waals surface area (Å²) in [6.07, 6.45) is 4.15. The number of carbonyl (C=O) groups excluding carboxylic acids is 1. The van der Waals surface area contributed by atoms with Crippen molar-refractivity contribution in [2.75, 3.05) is 23.0 Å². The molecule has 0 atom stereocenters. The maximum atomic E-state index is 12.3. The normalized spacial score (nSPS) is 10.1. The van der Waals surface area contributed by atoms with Gasteiger partial charge < -0.3 is 20.7 Å². The van der Waals surface area contributed by atoms with E-state index in [9.17, 15) is 4.79 Å². The van der Waals surface area contributed by atoms with Gasteiger partial charge >= 0.3 is 6.03 Å². The number of aryl methyl sites for hydroxylation is 1. The zero-order valence-electron chi connectivity index (χ0n) is 18.4. The quantitative estimate of drug-likeness (QED) is 0.305. The highest BCUT2D eigenvalue weighted by Gasteiger charge is 2.11. The smallest absolute Gasteiger partial charge is 0.323 e. The van der Waals surface area contributed by atoms with Crippen LogP contribution in [0, 0.1) is 0 Å². The van der Waals surface area contributed by atoms with Crippen molar-refractivity contribution < 1.29 is 9.53 Å². The van der Waals surface area contributed by atoms with Crippen molar-refractivity contribution in [1.82, 2.24) is 15.0 Å². The van der Waals surface area contributed by atoms with Crippen LogP contribution in [0.2, 0.25) is 0 Å². The highest BCUT2D eigenvalue weighted by molar-refractivity contribution is 5.99. The summed E-state index contributed by atoms with van der Waals surface area (Å²) >= 11 is 0. The number of urea groups is 1. The topological polar surface area (TPSA) is 101 Å². The molecule has 2 amide bonds.